The smallest absolute Gasteiger partial charge is 0.261 e. The molecule has 3 aromatic heterocycles. The summed E-state index contributed by atoms with van der Waals surface area (Å²) in [5.41, 5.74) is 4.17. The van der Waals surface area contributed by atoms with E-state index in [1.54, 1.807) is 43.0 Å². The maximum Gasteiger partial charge on any atom is 0.261 e. The second-order valence-electron chi connectivity index (χ2n) is 6.50. The summed E-state index contributed by atoms with van der Waals surface area (Å²) in [6.45, 7) is 3.44. The number of aromatic nitrogens is 4. The lowest BCUT2D eigenvalue weighted by Crippen LogP contribution is -2.20. The molecule has 1 aromatic carbocycles. The predicted octanol–water partition coefficient (Wildman–Crippen LogP) is 3.33. The third-order valence-electron chi connectivity index (χ3n) is 4.56. The van der Waals surface area contributed by atoms with E-state index in [2.05, 4.69) is 32.2 Å². The van der Waals surface area contributed by atoms with Crippen molar-refractivity contribution >= 4 is 45.6 Å². The predicted molar refractivity (Wildman–Crippen MR) is 121 cm³/mol. The minimum atomic E-state index is -0.330. The lowest BCUT2D eigenvalue weighted by Gasteiger charge is -2.13. The minimum Gasteiger partial charge on any atom is -0.495 e. The van der Waals surface area contributed by atoms with E-state index in [9.17, 15) is 9.59 Å². The van der Waals surface area contributed by atoms with Crippen molar-refractivity contribution in [2.24, 2.45) is 7.05 Å². The molecule has 10 heteroatoms. The Bertz CT molecular complexity index is 1350. The van der Waals surface area contributed by atoms with Crippen LogP contribution in [-0.4, -0.2) is 32.5 Å². The molecule has 156 valence electrons. The molecule has 3 heterocycles. The first-order valence-electron chi connectivity index (χ1n) is 9.14. The number of hydrogen-bond acceptors (Lipinski definition) is 8. The molecule has 0 fully saturated rings. The van der Waals surface area contributed by atoms with E-state index >= 15 is 0 Å². The zero-order chi connectivity index (χ0) is 22.0. The second kappa shape index (κ2) is 8.36. The van der Waals surface area contributed by atoms with Gasteiger partial charge < -0.3 is 15.4 Å². The Balaban J connectivity index is 1.73. The first-order chi connectivity index (χ1) is 15.0. The fourth-order valence-corrected chi connectivity index (χ4v) is 3.59. The van der Waals surface area contributed by atoms with Crippen LogP contribution < -0.4 is 20.9 Å². The summed E-state index contributed by atoms with van der Waals surface area (Å²) in [5.74, 6) is 0.478. The van der Waals surface area contributed by atoms with Crippen LogP contribution in [0, 0.1) is 0 Å². The molecule has 4 aromatic rings. The van der Waals surface area contributed by atoms with Crippen LogP contribution in [0.5, 0.6) is 5.75 Å². The van der Waals surface area contributed by atoms with Gasteiger partial charge in [-0.25, -0.2) is 9.97 Å². The molecule has 0 atom stereocenters. The van der Waals surface area contributed by atoms with E-state index in [4.69, 9.17) is 4.74 Å². The number of aryl methyl sites for hydroxylation is 1. The zero-order valence-electron chi connectivity index (χ0n) is 16.7. The first kappa shape index (κ1) is 20.2. The van der Waals surface area contributed by atoms with Crippen molar-refractivity contribution in [3.8, 4) is 17.0 Å². The average Bonchev–Trinajstić information content (AvgIpc) is 3.31. The molecule has 0 aliphatic heterocycles. The van der Waals surface area contributed by atoms with Gasteiger partial charge in [-0.1, -0.05) is 6.58 Å². The third-order valence-corrected chi connectivity index (χ3v) is 5.14. The summed E-state index contributed by atoms with van der Waals surface area (Å²) in [5, 5.41) is 8.30. The SMILES string of the molecule is C=CC(=O)Nc1ccc(OC)c(Nc2ncc3cc(-c4cscn4)c(=O)n(C)c3n2)c1. The topological polar surface area (TPSA) is 111 Å². The highest BCUT2D eigenvalue weighted by Gasteiger charge is 2.13. The van der Waals surface area contributed by atoms with Gasteiger partial charge in [-0.2, -0.15) is 4.98 Å². The Labute approximate surface area is 181 Å². The van der Waals surface area contributed by atoms with Crippen LogP contribution in [0.1, 0.15) is 0 Å². The van der Waals surface area contributed by atoms with Gasteiger partial charge in [0.1, 0.15) is 11.4 Å². The number of fused-ring (bicyclic) bond motifs is 1. The van der Waals surface area contributed by atoms with Crippen LogP contribution in [0.4, 0.5) is 17.3 Å². The monoisotopic (exact) mass is 434 g/mol. The van der Waals surface area contributed by atoms with Crippen molar-refractivity contribution in [2.45, 2.75) is 0 Å². The van der Waals surface area contributed by atoms with Crippen LogP contribution >= 0.6 is 11.3 Å². The number of carbonyl (C=O) groups excluding carboxylic acids is 1. The maximum absolute atomic E-state index is 12.8. The molecule has 0 aliphatic carbocycles. The minimum absolute atomic E-state index is 0.199. The molecule has 4 rings (SSSR count). The second-order valence-corrected chi connectivity index (χ2v) is 7.22. The van der Waals surface area contributed by atoms with E-state index in [1.807, 2.05) is 5.38 Å². The zero-order valence-corrected chi connectivity index (χ0v) is 17.6. The maximum atomic E-state index is 12.8. The summed E-state index contributed by atoms with van der Waals surface area (Å²) in [4.78, 5) is 37.5. The molecule has 0 radical (unpaired) electrons. The highest BCUT2D eigenvalue weighted by Crippen LogP contribution is 2.30. The van der Waals surface area contributed by atoms with Crippen molar-refractivity contribution < 1.29 is 9.53 Å². The van der Waals surface area contributed by atoms with Crippen LogP contribution in [0.3, 0.4) is 0 Å². The number of rotatable bonds is 6. The molecule has 0 spiro atoms. The van der Waals surface area contributed by atoms with Crippen LogP contribution in [0.15, 0.2) is 58.8 Å². The van der Waals surface area contributed by atoms with E-state index in [0.29, 0.717) is 39.4 Å². The Hall–Kier alpha value is -4.05. The number of nitrogens with one attached hydrogen (secondary N) is 2. The number of amides is 1. The van der Waals surface area contributed by atoms with Gasteiger partial charge in [0, 0.05) is 29.7 Å². The largest absolute Gasteiger partial charge is 0.495 e. The molecule has 0 saturated heterocycles. The van der Waals surface area contributed by atoms with Gasteiger partial charge in [0.25, 0.3) is 5.56 Å². The van der Waals surface area contributed by atoms with Crippen molar-refractivity contribution in [3.05, 3.63) is 64.4 Å². The molecule has 0 saturated carbocycles. The summed E-state index contributed by atoms with van der Waals surface area (Å²) < 4.78 is 6.85. The molecular weight excluding hydrogens is 416 g/mol. The number of ether oxygens (including phenoxy) is 1. The van der Waals surface area contributed by atoms with Crippen LogP contribution in [0.2, 0.25) is 0 Å². The number of thiazole rings is 1. The Morgan fingerprint density at radius 1 is 1.29 bits per heavy atom. The van der Waals surface area contributed by atoms with Crippen molar-refractivity contribution in [3.63, 3.8) is 0 Å². The van der Waals surface area contributed by atoms with Gasteiger partial charge in [0.2, 0.25) is 11.9 Å². The molecule has 9 nitrogen and oxygen atoms in total. The van der Waals surface area contributed by atoms with Crippen LogP contribution in [0.25, 0.3) is 22.3 Å². The molecular formula is C21H18N6O3S. The number of pyridine rings is 1. The van der Waals surface area contributed by atoms with Crippen molar-refractivity contribution in [1.82, 2.24) is 19.5 Å². The lowest BCUT2D eigenvalue weighted by molar-refractivity contribution is -0.111. The third kappa shape index (κ3) is 4.01. The van der Waals surface area contributed by atoms with Crippen LogP contribution in [-0.2, 0) is 11.8 Å². The number of hydrogen-bond donors (Lipinski definition) is 2. The Morgan fingerprint density at radius 2 is 2.13 bits per heavy atom. The van der Waals surface area contributed by atoms with Gasteiger partial charge >= 0.3 is 0 Å². The van der Waals surface area contributed by atoms with E-state index in [-0.39, 0.29) is 17.4 Å². The van der Waals surface area contributed by atoms with Gasteiger partial charge in [-0.15, -0.1) is 11.3 Å². The standard InChI is InChI=1S/C21H18N6O3S/c1-4-18(28)24-13-5-6-17(30-3)15(8-13)25-21-22-9-12-7-14(16-10-31-11-23-16)20(29)27(2)19(12)26-21/h4-11H,1H2,2-3H3,(H,24,28)(H,22,25,26). The van der Waals surface area contributed by atoms with E-state index < -0.39 is 0 Å². The Kier molecular flexibility index (Phi) is 5.46. The van der Waals surface area contributed by atoms with Gasteiger partial charge in [-0.3, -0.25) is 14.2 Å². The highest BCUT2D eigenvalue weighted by atomic mass is 32.1. The summed E-state index contributed by atoms with van der Waals surface area (Å²) in [6, 6.07) is 6.84. The number of nitrogens with zero attached hydrogens (tertiary/aromatic N) is 4. The summed E-state index contributed by atoms with van der Waals surface area (Å²) in [7, 11) is 3.19. The molecule has 31 heavy (non-hydrogen) atoms. The quantitative estimate of drug-likeness (QED) is 0.448. The molecule has 1 amide bonds. The van der Waals surface area contributed by atoms with Crippen molar-refractivity contribution in [2.75, 3.05) is 17.7 Å². The van der Waals surface area contributed by atoms with Gasteiger partial charge in [0.15, 0.2) is 0 Å². The molecule has 2 N–H and O–H groups in total. The highest BCUT2D eigenvalue weighted by molar-refractivity contribution is 7.07. The van der Waals surface area contributed by atoms with Gasteiger partial charge in [-0.05, 0) is 30.3 Å². The average molecular weight is 434 g/mol. The number of anilines is 3. The number of methoxy groups -OCH3 is 1. The molecule has 0 unspecified atom stereocenters. The van der Waals surface area contributed by atoms with Crippen molar-refractivity contribution in [1.29, 1.82) is 0 Å². The fraction of sp³-hybridized carbons (Fsp3) is 0.0952. The van der Waals surface area contributed by atoms with E-state index in [0.717, 1.165) is 0 Å². The number of benzene rings is 1. The van der Waals surface area contributed by atoms with E-state index in [1.165, 1.54) is 29.1 Å². The number of carbonyl (C=O) groups is 1. The summed E-state index contributed by atoms with van der Waals surface area (Å²) >= 11 is 1.42. The molecule has 0 bridgehead atoms. The normalized spacial score (nSPS) is 10.6. The molecule has 0 aliphatic rings. The van der Waals surface area contributed by atoms with Gasteiger partial charge in [0.05, 0.1) is 29.6 Å². The lowest BCUT2D eigenvalue weighted by atomic mass is 10.2. The fourth-order valence-electron chi connectivity index (χ4n) is 3.03. The Morgan fingerprint density at radius 3 is 2.84 bits per heavy atom. The summed E-state index contributed by atoms with van der Waals surface area (Å²) in [6.07, 6.45) is 2.82. The first-order valence-corrected chi connectivity index (χ1v) is 10.1.